The van der Waals surface area contributed by atoms with E-state index >= 15 is 0 Å². The molecule has 1 N–H and O–H groups in total. The number of esters is 1. The maximum Gasteiger partial charge on any atom is 0.343 e. The molecule has 0 aliphatic carbocycles. The molecule has 1 atom stereocenters. The van der Waals surface area contributed by atoms with E-state index in [0.717, 1.165) is 19.5 Å². The Morgan fingerprint density at radius 1 is 1.43 bits per heavy atom. The first-order valence-corrected chi connectivity index (χ1v) is 9.18. The fourth-order valence-corrected chi connectivity index (χ4v) is 3.95. The van der Waals surface area contributed by atoms with Gasteiger partial charge in [-0.25, -0.2) is 4.79 Å². The van der Waals surface area contributed by atoms with E-state index in [4.69, 9.17) is 9.47 Å². The Morgan fingerprint density at radius 3 is 2.74 bits per heavy atom. The van der Waals surface area contributed by atoms with E-state index in [1.54, 1.807) is 11.6 Å². The smallest absolute Gasteiger partial charge is 0.343 e. The number of rotatable bonds is 7. The highest BCUT2D eigenvalue weighted by atomic mass is 79.9. The van der Waals surface area contributed by atoms with Crippen molar-refractivity contribution in [3.05, 3.63) is 14.8 Å². The predicted octanol–water partition coefficient (Wildman–Crippen LogP) is 1.67. The second kappa shape index (κ2) is 9.12. The average molecular weight is 455 g/mol. The molecular formula is C14H21Br2N3O4. The quantitative estimate of drug-likeness (QED) is 0.631. The van der Waals surface area contributed by atoms with E-state index < -0.39 is 5.97 Å². The van der Waals surface area contributed by atoms with Crippen LogP contribution in [0.1, 0.15) is 23.7 Å². The van der Waals surface area contributed by atoms with Crippen molar-refractivity contribution < 1.29 is 19.4 Å². The molecule has 0 bridgehead atoms. The predicted molar refractivity (Wildman–Crippen MR) is 91.5 cm³/mol. The van der Waals surface area contributed by atoms with Crippen LogP contribution >= 0.6 is 31.9 Å². The van der Waals surface area contributed by atoms with E-state index in [1.807, 2.05) is 0 Å². The number of nitrogens with zero attached hydrogens (tertiary/aromatic N) is 3. The minimum atomic E-state index is -0.413. The monoisotopic (exact) mass is 453 g/mol. The van der Waals surface area contributed by atoms with Crippen molar-refractivity contribution in [2.75, 3.05) is 39.5 Å². The summed E-state index contributed by atoms with van der Waals surface area (Å²) in [4.78, 5) is 14.2. The fourth-order valence-electron chi connectivity index (χ4n) is 2.54. The fraction of sp³-hybridized carbons (Fsp3) is 0.714. The highest BCUT2D eigenvalue weighted by Gasteiger charge is 2.24. The molecule has 9 heteroatoms. The first-order chi connectivity index (χ1) is 11.1. The molecule has 1 unspecified atom stereocenters. The summed E-state index contributed by atoms with van der Waals surface area (Å²) in [5, 5.41) is 14.0. The number of hydrogen-bond acceptors (Lipinski definition) is 6. The van der Waals surface area contributed by atoms with Crippen LogP contribution in [0.4, 0.5) is 0 Å². The number of carbonyl (C=O) groups is 1. The molecule has 1 saturated heterocycles. The Bertz CT molecular complexity index is 532. The number of hydrogen-bond donors (Lipinski definition) is 1. The van der Waals surface area contributed by atoms with Crippen molar-refractivity contribution in [1.29, 1.82) is 0 Å². The van der Waals surface area contributed by atoms with Gasteiger partial charge < -0.3 is 14.6 Å². The molecule has 0 radical (unpaired) electrons. The van der Waals surface area contributed by atoms with Crippen molar-refractivity contribution in [3.63, 3.8) is 0 Å². The summed E-state index contributed by atoms with van der Waals surface area (Å²) in [7, 11) is 0. The maximum absolute atomic E-state index is 11.9. The molecule has 2 heterocycles. The molecule has 0 aromatic carbocycles. The average Bonchev–Trinajstić information content (AvgIpc) is 2.83. The zero-order valence-electron chi connectivity index (χ0n) is 13.0. The first-order valence-electron chi connectivity index (χ1n) is 7.60. The molecule has 23 heavy (non-hydrogen) atoms. The van der Waals surface area contributed by atoms with Crippen molar-refractivity contribution in [2.24, 2.45) is 0 Å². The highest BCUT2D eigenvalue weighted by Crippen LogP contribution is 2.26. The number of halogens is 2. The van der Waals surface area contributed by atoms with E-state index in [0.29, 0.717) is 41.1 Å². The summed E-state index contributed by atoms with van der Waals surface area (Å²) in [5.41, 5.74) is 0.388. The molecule has 7 nitrogen and oxygen atoms in total. The van der Waals surface area contributed by atoms with Crippen LogP contribution in [0, 0.1) is 0 Å². The second-order valence-corrected chi connectivity index (χ2v) is 6.68. The Kier molecular flexibility index (Phi) is 7.48. The van der Waals surface area contributed by atoms with Crippen LogP contribution in [0.3, 0.4) is 0 Å². The van der Waals surface area contributed by atoms with E-state index in [-0.39, 0.29) is 12.6 Å². The number of aryl methyl sites for hydroxylation is 1. The van der Waals surface area contributed by atoms with Gasteiger partial charge in [0, 0.05) is 25.7 Å². The molecule has 1 aliphatic heterocycles. The van der Waals surface area contributed by atoms with E-state index in [2.05, 4.69) is 41.9 Å². The lowest BCUT2D eigenvalue weighted by Crippen LogP contribution is -2.45. The Hall–Kier alpha value is -0.480. The summed E-state index contributed by atoms with van der Waals surface area (Å²) < 4.78 is 13.1. The molecule has 0 spiro atoms. The van der Waals surface area contributed by atoms with Gasteiger partial charge in [0.15, 0.2) is 0 Å². The Morgan fingerprint density at radius 2 is 2.13 bits per heavy atom. The number of carbonyl (C=O) groups excluding carboxylic acids is 1. The zero-order valence-corrected chi connectivity index (χ0v) is 16.2. The van der Waals surface area contributed by atoms with Crippen LogP contribution in [0.25, 0.3) is 0 Å². The molecule has 1 aliphatic rings. The SMILES string of the molecule is CCOC(=O)c1c(Br)nn(CCC(CO)N2CCOCC2)c1Br. The molecular weight excluding hydrogens is 434 g/mol. The lowest BCUT2D eigenvalue weighted by molar-refractivity contribution is -0.0000905. The molecule has 1 fully saturated rings. The molecule has 2 rings (SSSR count). The number of aliphatic hydroxyl groups excluding tert-OH is 1. The second-order valence-electron chi connectivity index (χ2n) is 5.17. The van der Waals surface area contributed by atoms with Gasteiger partial charge in [-0.1, -0.05) is 0 Å². The van der Waals surface area contributed by atoms with Crippen LogP contribution in [-0.2, 0) is 16.0 Å². The minimum Gasteiger partial charge on any atom is -0.462 e. The van der Waals surface area contributed by atoms with E-state index in [9.17, 15) is 9.90 Å². The van der Waals surface area contributed by atoms with Crippen molar-refractivity contribution in [3.8, 4) is 0 Å². The third-order valence-electron chi connectivity index (χ3n) is 3.77. The first kappa shape index (κ1) is 18.9. The van der Waals surface area contributed by atoms with Gasteiger partial charge in [0.1, 0.15) is 14.8 Å². The summed E-state index contributed by atoms with van der Waals surface area (Å²) >= 11 is 6.71. The van der Waals surface area contributed by atoms with Gasteiger partial charge in [-0.2, -0.15) is 5.10 Å². The Balaban J connectivity index is 2.02. The lowest BCUT2D eigenvalue weighted by Gasteiger charge is -2.33. The third-order valence-corrected chi connectivity index (χ3v) is 5.14. The molecule has 0 amide bonds. The van der Waals surface area contributed by atoms with Gasteiger partial charge in [-0.3, -0.25) is 9.58 Å². The molecule has 1 aromatic heterocycles. The van der Waals surface area contributed by atoms with Gasteiger partial charge in [0.25, 0.3) is 0 Å². The molecule has 0 saturated carbocycles. The normalized spacial score (nSPS) is 17.2. The zero-order chi connectivity index (χ0) is 16.8. The van der Waals surface area contributed by atoms with Gasteiger partial charge >= 0.3 is 5.97 Å². The summed E-state index contributed by atoms with van der Waals surface area (Å²) in [6.07, 6.45) is 0.728. The van der Waals surface area contributed by atoms with Crippen LogP contribution in [-0.4, -0.2) is 71.3 Å². The van der Waals surface area contributed by atoms with Crippen LogP contribution in [0.5, 0.6) is 0 Å². The number of aliphatic hydroxyl groups is 1. The van der Waals surface area contributed by atoms with E-state index in [1.165, 1.54) is 0 Å². The van der Waals surface area contributed by atoms with Gasteiger partial charge in [0.05, 0.1) is 26.4 Å². The number of ether oxygens (including phenoxy) is 2. The largest absolute Gasteiger partial charge is 0.462 e. The third kappa shape index (κ3) is 4.76. The summed E-state index contributed by atoms with van der Waals surface area (Å²) in [6.45, 7) is 5.78. The maximum atomic E-state index is 11.9. The van der Waals surface area contributed by atoms with Crippen molar-refractivity contribution in [2.45, 2.75) is 25.9 Å². The number of morpholine rings is 1. The van der Waals surface area contributed by atoms with Crippen molar-refractivity contribution >= 4 is 37.8 Å². The van der Waals surface area contributed by atoms with Gasteiger partial charge in [-0.05, 0) is 45.2 Å². The van der Waals surface area contributed by atoms with Gasteiger partial charge in [-0.15, -0.1) is 0 Å². The van der Waals surface area contributed by atoms with Crippen LogP contribution in [0.2, 0.25) is 0 Å². The standard InChI is InChI=1S/C14H21Br2N3O4/c1-2-23-14(21)11-12(15)17-19(13(11)16)4-3-10(9-20)18-5-7-22-8-6-18/h10,20H,2-9H2,1H3. The highest BCUT2D eigenvalue weighted by molar-refractivity contribution is 9.11. The topological polar surface area (TPSA) is 76.8 Å². The molecule has 1 aromatic rings. The summed E-state index contributed by atoms with van der Waals surface area (Å²) in [6, 6.07) is 0.0554. The van der Waals surface area contributed by atoms with Crippen LogP contribution < -0.4 is 0 Å². The van der Waals surface area contributed by atoms with Gasteiger partial charge in [0.2, 0.25) is 0 Å². The summed E-state index contributed by atoms with van der Waals surface area (Å²) in [5.74, 6) is -0.413. The Labute approximate surface area is 152 Å². The minimum absolute atomic E-state index is 0.0554. The number of aromatic nitrogens is 2. The van der Waals surface area contributed by atoms with Crippen LogP contribution in [0.15, 0.2) is 9.21 Å². The lowest BCUT2D eigenvalue weighted by atomic mass is 10.1. The molecule has 130 valence electrons. The van der Waals surface area contributed by atoms with Crippen molar-refractivity contribution in [1.82, 2.24) is 14.7 Å².